The first-order valence-corrected chi connectivity index (χ1v) is 8.75. The van der Waals surface area contributed by atoms with Crippen LogP contribution < -0.4 is 0 Å². The Kier molecular flexibility index (Phi) is 6.50. The molecule has 1 aliphatic rings. The molecular weight excluding hydrogens is 314 g/mol. The van der Waals surface area contributed by atoms with E-state index in [4.69, 9.17) is 0 Å². The van der Waals surface area contributed by atoms with Gasteiger partial charge in [0.2, 0.25) is 0 Å². The van der Waals surface area contributed by atoms with Crippen molar-refractivity contribution in [3.63, 3.8) is 0 Å². The Morgan fingerprint density at radius 1 is 1.30 bits per heavy atom. The van der Waals surface area contributed by atoms with E-state index in [2.05, 4.69) is 33.9 Å². The Morgan fingerprint density at radius 3 is 2.70 bits per heavy atom. The summed E-state index contributed by atoms with van der Waals surface area (Å²) in [4.78, 5) is 4.17. The zero-order valence-corrected chi connectivity index (χ0v) is 14.0. The van der Waals surface area contributed by atoms with E-state index in [1.165, 1.54) is 44.9 Å². The summed E-state index contributed by atoms with van der Waals surface area (Å²) in [6, 6.07) is 2.06. The highest BCUT2D eigenvalue weighted by Crippen LogP contribution is 2.34. The van der Waals surface area contributed by atoms with E-state index >= 15 is 0 Å². The van der Waals surface area contributed by atoms with Gasteiger partial charge < -0.3 is 5.11 Å². The fourth-order valence-corrected chi connectivity index (χ4v) is 3.74. The summed E-state index contributed by atoms with van der Waals surface area (Å²) in [7, 11) is 0. The van der Waals surface area contributed by atoms with Crippen LogP contribution in [0, 0.1) is 11.8 Å². The number of halogens is 1. The minimum Gasteiger partial charge on any atom is -0.392 e. The van der Waals surface area contributed by atoms with Crippen molar-refractivity contribution < 1.29 is 5.11 Å². The van der Waals surface area contributed by atoms with Crippen LogP contribution in [0.25, 0.3) is 0 Å². The van der Waals surface area contributed by atoms with Crippen molar-refractivity contribution in [3.8, 4) is 0 Å². The normalized spacial score (nSPS) is 24.6. The van der Waals surface area contributed by atoms with Crippen LogP contribution in [-0.4, -0.2) is 16.2 Å². The molecule has 0 aliphatic heterocycles. The topological polar surface area (TPSA) is 33.1 Å². The highest BCUT2D eigenvalue weighted by atomic mass is 79.9. The predicted octanol–water partition coefficient (Wildman–Crippen LogP) is 4.74. The quantitative estimate of drug-likeness (QED) is 0.811. The molecule has 0 bridgehead atoms. The Bertz CT molecular complexity index is 402. The van der Waals surface area contributed by atoms with Gasteiger partial charge in [-0.1, -0.05) is 39.0 Å². The largest absolute Gasteiger partial charge is 0.392 e. The Morgan fingerprint density at radius 2 is 2.05 bits per heavy atom. The van der Waals surface area contributed by atoms with Crippen LogP contribution in [0.3, 0.4) is 0 Å². The first kappa shape index (κ1) is 16.0. The van der Waals surface area contributed by atoms with Crippen molar-refractivity contribution in [1.82, 2.24) is 4.98 Å². The smallest absolute Gasteiger partial charge is 0.0609 e. The number of aromatic nitrogens is 1. The average molecular weight is 340 g/mol. The monoisotopic (exact) mass is 339 g/mol. The summed E-state index contributed by atoms with van der Waals surface area (Å²) in [5.41, 5.74) is 1.12. The summed E-state index contributed by atoms with van der Waals surface area (Å²) in [5.74, 6) is 1.39. The summed E-state index contributed by atoms with van der Waals surface area (Å²) in [5, 5.41) is 10.4. The number of hydrogen-bond acceptors (Lipinski definition) is 2. The van der Waals surface area contributed by atoms with Gasteiger partial charge in [0.05, 0.1) is 6.10 Å². The van der Waals surface area contributed by atoms with Gasteiger partial charge in [-0.25, -0.2) is 0 Å². The lowest BCUT2D eigenvalue weighted by Gasteiger charge is -2.31. The maximum atomic E-state index is 10.4. The molecule has 0 aromatic carbocycles. The number of aliphatic hydroxyl groups excluding tert-OH is 1. The first-order chi connectivity index (χ1) is 9.69. The molecule has 2 nitrogen and oxygen atoms in total. The zero-order valence-electron chi connectivity index (χ0n) is 12.4. The molecule has 1 heterocycles. The van der Waals surface area contributed by atoms with E-state index in [0.717, 1.165) is 22.4 Å². The first-order valence-electron chi connectivity index (χ1n) is 7.96. The van der Waals surface area contributed by atoms with Gasteiger partial charge in [0.25, 0.3) is 0 Å². The number of pyridine rings is 1. The molecule has 0 amide bonds. The Hall–Kier alpha value is -0.410. The van der Waals surface area contributed by atoms with Crippen LogP contribution in [-0.2, 0) is 6.42 Å². The van der Waals surface area contributed by atoms with Crippen molar-refractivity contribution in [1.29, 1.82) is 0 Å². The molecule has 1 aliphatic carbocycles. The minimum absolute atomic E-state index is 0.210. The fraction of sp³-hybridized carbons (Fsp3) is 0.706. The van der Waals surface area contributed by atoms with Gasteiger partial charge in [-0.3, -0.25) is 4.98 Å². The number of hydrogen-bond donors (Lipinski definition) is 1. The second kappa shape index (κ2) is 8.14. The Labute approximate surface area is 131 Å². The number of aliphatic hydroxyl groups is 1. The molecule has 3 heteroatoms. The van der Waals surface area contributed by atoms with Crippen LogP contribution in [0.5, 0.6) is 0 Å². The molecule has 1 unspecified atom stereocenters. The molecule has 1 aromatic rings. The summed E-state index contributed by atoms with van der Waals surface area (Å²) in [6.07, 6.45) is 13.2. The molecule has 112 valence electrons. The third-order valence-corrected chi connectivity index (χ3v) is 5.04. The molecule has 0 radical (unpaired) electrons. The van der Waals surface area contributed by atoms with E-state index in [-0.39, 0.29) is 6.10 Å². The summed E-state index contributed by atoms with van der Waals surface area (Å²) in [6.45, 7) is 2.27. The molecular formula is C17H26BrNO. The SMILES string of the molecule is CCCCC1CCC(C(O)Cc2cncc(Br)c2)CC1. The summed E-state index contributed by atoms with van der Waals surface area (Å²) >= 11 is 3.44. The third kappa shape index (κ3) is 4.85. The predicted molar refractivity (Wildman–Crippen MR) is 86.6 cm³/mol. The van der Waals surface area contributed by atoms with Crippen molar-refractivity contribution in [2.45, 2.75) is 64.4 Å². The lowest BCUT2D eigenvalue weighted by molar-refractivity contribution is 0.0725. The van der Waals surface area contributed by atoms with Crippen molar-refractivity contribution in [3.05, 3.63) is 28.5 Å². The van der Waals surface area contributed by atoms with Gasteiger partial charge in [0, 0.05) is 23.3 Å². The highest BCUT2D eigenvalue weighted by molar-refractivity contribution is 9.10. The van der Waals surface area contributed by atoms with Gasteiger partial charge in [-0.05, 0) is 52.2 Å². The lowest BCUT2D eigenvalue weighted by Crippen LogP contribution is -2.27. The standard InChI is InChI=1S/C17H26BrNO/c1-2-3-4-13-5-7-15(8-6-13)17(20)10-14-9-16(18)12-19-11-14/h9,11-13,15,17,20H,2-8,10H2,1H3. The van der Waals surface area contributed by atoms with Gasteiger partial charge >= 0.3 is 0 Å². The van der Waals surface area contributed by atoms with E-state index in [1.54, 1.807) is 6.20 Å². The van der Waals surface area contributed by atoms with Crippen molar-refractivity contribution >= 4 is 15.9 Å². The van der Waals surface area contributed by atoms with Gasteiger partial charge in [-0.2, -0.15) is 0 Å². The molecule has 1 N–H and O–H groups in total. The second-order valence-electron chi connectivity index (χ2n) is 6.21. The Balaban J connectivity index is 1.78. The molecule has 1 atom stereocenters. The molecule has 1 saturated carbocycles. The molecule has 1 aromatic heterocycles. The molecule has 0 saturated heterocycles. The molecule has 0 spiro atoms. The average Bonchev–Trinajstić information content (AvgIpc) is 2.45. The van der Waals surface area contributed by atoms with Gasteiger partial charge in [0.15, 0.2) is 0 Å². The zero-order chi connectivity index (χ0) is 14.4. The lowest BCUT2D eigenvalue weighted by atomic mass is 9.76. The van der Waals surface area contributed by atoms with Gasteiger partial charge in [0.1, 0.15) is 0 Å². The maximum Gasteiger partial charge on any atom is 0.0609 e. The molecule has 2 rings (SSSR count). The van der Waals surface area contributed by atoms with E-state index in [0.29, 0.717) is 5.92 Å². The number of rotatable bonds is 6. The van der Waals surface area contributed by atoms with Crippen LogP contribution in [0.4, 0.5) is 0 Å². The highest BCUT2D eigenvalue weighted by Gasteiger charge is 2.26. The van der Waals surface area contributed by atoms with Crippen LogP contribution in [0.15, 0.2) is 22.9 Å². The molecule has 1 fully saturated rings. The van der Waals surface area contributed by atoms with E-state index < -0.39 is 0 Å². The fourth-order valence-electron chi connectivity index (χ4n) is 3.33. The van der Waals surface area contributed by atoms with E-state index in [1.807, 2.05) is 6.20 Å². The third-order valence-electron chi connectivity index (χ3n) is 4.61. The van der Waals surface area contributed by atoms with Crippen LogP contribution >= 0.6 is 15.9 Å². The van der Waals surface area contributed by atoms with Crippen LogP contribution in [0.1, 0.15) is 57.4 Å². The van der Waals surface area contributed by atoms with Crippen molar-refractivity contribution in [2.75, 3.05) is 0 Å². The maximum absolute atomic E-state index is 10.4. The minimum atomic E-state index is -0.210. The summed E-state index contributed by atoms with van der Waals surface area (Å²) < 4.78 is 0.991. The molecule has 20 heavy (non-hydrogen) atoms. The number of nitrogens with zero attached hydrogens (tertiary/aromatic N) is 1. The van der Waals surface area contributed by atoms with Gasteiger partial charge in [-0.15, -0.1) is 0 Å². The van der Waals surface area contributed by atoms with Crippen LogP contribution in [0.2, 0.25) is 0 Å². The van der Waals surface area contributed by atoms with Crippen molar-refractivity contribution in [2.24, 2.45) is 11.8 Å². The number of unbranched alkanes of at least 4 members (excludes halogenated alkanes) is 1. The second-order valence-corrected chi connectivity index (χ2v) is 7.12. The van der Waals surface area contributed by atoms with E-state index in [9.17, 15) is 5.11 Å².